The lowest BCUT2D eigenvalue weighted by Crippen LogP contribution is -2.49. The quantitative estimate of drug-likeness (QED) is 0.521. The van der Waals surface area contributed by atoms with Gasteiger partial charge in [0.2, 0.25) is 0 Å². The third-order valence-electron chi connectivity index (χ3n) is 3.44. The molecule has 7 nitrogen and oxygen atoms in total. The first-order valence-electron chi connectivity index (χ1n) is 7.07. The number of rotatable bonds is 4. The molecule has 21 heavy (non-hydrogen) atoms. The number of ether oxygens (including phenoxy) is 1. The van der Waals surface area contributed by atoms with E-state index in [2.05, 4.69) is 27.4 Å². The summed E-state index contributed by atoms with van der Waals surface area (Å²) in [4.78, 5) is 15.6. The van der Waals surface area contributed by atoms with Crippen molar-refractivity contribution in [3.63, 3.8) is 0 Å². The van der Waals surface area contributed by atoms with Gasteiger partial charge in [0.1, 0.15) is 0 Å². The van der Waals surface area contributed by atoms with Crippen LogP contribution in [0.4, 0.5) is 10.5 Å². The number of piperazine rings is 1. The summed E-state index contributed by atoms with van der Waals surface area (Å²) in [6.07, 6.45) is -0.223. The first kappa shape index (κ1) is 15.1. The van der Waals surface area contributed by atoms with Gasteiger partial charge >= 0.3 is 6.09 Å². The number of amides is 1. The normalized spacial score (nSPS) is 15.5. The highest BCUT2D eigenvalue weighted by molar-refractivity contribution is 5.68. The fourth-order valence-electron chi connectivity index (χ4n) is 2.30. The number of carbonyl (C=O) groups is 1. The number of carbonyl (C=O) groups excluding carboxylic acids is 1. The number of benzene rings is 1. The number of nitrogens with zero attached hydrogens (tertiary/aromatic N) is 4. The molecule has 1 heterocycles. The largest absolute Gasteiger partial charge is 0.450 e. The smallest absolute Gasteiger partial charge is 0.409 e. The summed E-state index contributed by atoms with van der Waals surface area (Å²) in [5.74, 6) is 4.99. The molecule has 0 radical (unpaired) electrons. The number of hydrogen-bond acceptors (Lipinski definition) is 5. The van der Waals surface area contributed by atoms with E-state index in [0.29, 0.717) is 26.2 Å². The molecule has 0 unspecified atom stereocenters. The molecular weight excluding hydrogens is 270 g/mol. The van der Waals surface area contributed by atoms with Crippen molar-refractivity contribution < 1.29 is 9.53 Å². The molecule has 1 aromatic carbocycles. The maximum Gasteiger partial charge on any atom is 0.409 e. The average Bonchev–Trinajstić information content (AvgIpc) is 2.54. The molecule has 0 saturated carbocycles. The molecule has 1 aliphatic heterocycles. The van der Waals surface area contributed by atoms with Crippen molar-refractivity contribution in [1.29, 1.82) is 0 Å². The van der Waals surface area contributed by atoms with Crippen LogP contribution in [0.2, 0.25) is 0 Å². The fraction of sp³-hybridized carbons (Fsp3) is 0.500. The van der Waals surface area contributed by atoms with E-state index >= 15 is 0 Å². The van der Waals surface area contributed by atoms with Gasteiger partial charge < -0.3 is 20.4 Å². The molecule has 0 aliphatic carbocycles. The molecule has 2 rings (SSSR count). The fourth-order valence-corrected chi connectivity index (χ4v) is 2.30. The standard InChI is InChI=1S/C14H21N5O2/c1-2-21-14(20)19-9-7-18(8-10-19)13-5-3-12(4-6-13)11-16-17-15/h3-6H,2,7-11H2,1H3,(H2,15,16). The van der Waals surface area contributed by atoms with Crippen molar-refractivity contribution in [3.8, 4) is 0 Å². The molecule has 2 N–H and O–H groups in total. The summed E-state index contributed by atoms with van der Waals surface area (Å²) in [5, 5.41) is 7.01. The lowest BCUT2D eigenvalue weighted by molar-refractivity contribution is 0.105. The second-order valence-corrected chi connectivity index (χ2v) is 4.75. The highest BCUT2D eigenvalue weighted by Gasteiger charge is 2.21. The molecule has 1 amide bonds. The van der Waals surface area contributed by atoms with Crippen molar-refractivity contribution in [2.45, 2.75) is 13.5 Å². The van der Waals surface area contributed by atoms with E-state index in [-0.39, 0.29) is 6.09 Å². The van der Waals surface area contributed by atoms with Gasteiger partial charge in [-0.05, 0) is 24.6 Å². The second kappa shape index (κ2) is 7.47. The van der Waals surface area contributed by atoms with E-state index in [9.17, 15) is 4.79 Å². The molecule has 114 valence electrons. The Balaban J connectivity index is 1.88. The summed E-state index contributed by atoms with van der Waals surface area (Å²) in [6.45, 7) is 5.71. The predicted octanol–water partition coefficient (Wildman–Crippen LogP) is 1.79. The summed E-state index contributed by atoms with van der Waals surface area (Å²) < 4.78 is 5.01. The van der Waals surface area contributed by atoms with Crippen LogP contribution >= 0.6 is 0 Å². The Hall–Kier alpha value is -2.31. The van der Waals surface area contributed by atoms with E-state index < -0.39 is 0 Å². The Morgan fingerprint density at radius 2 is 1.90 bits per heavy atom. The molecule has 0 atom stereocenters. The summed E-state index contributed by atoms with van der Waals surface area (Å²) >= 11 is 0. The van der Waals surface area contributed by atoms with Crippen molar-refractivity contribution in [1.82, 2.24) is 4.90 Å². The van der Waals surface area contributed by atoms with Crippen molar-refractivity contribution >= 4 is 11.8 Å². The highest BCUT2D eigenvalue weighted by atomic mass is 16.6. The molecule has 0 aromatic heterocycles. The van der Waals surface area contributed by atoms with Crippen LogP contribution in [-0.2, 0) is 11.3 Å². The molecule has 1 fully saturated rings. The van der Waals surface area contributed by atoms with E-state index in [4.69, 9.17) is 10.6 Å². The van der Waals surface area contributed by atoms with Crippen molar-refractivity contribution in [3.05, 3.63) is 29.8 Å². The van der Waals surface area contributed by atoms with Gasteiger partial charge in [0.05, 0.1) is 13.2 Å². The molecule has 0 spiro atoms. The van der Waals surface area contributed by atoms with Gasteiger partial charge in [0.15, 0.2) is 0 Å². The van der Waals surface area contributed by atoms with Crippen LogP contribution in [-0.4, -0.2) is 43.8 Å². The molecule has 1 saturated heterocycles. The molecule has 7 heteroatoms. The maximum atomic E-state index is 11.6. The zero-order valence-electron chi connectivity index (χ0n) is 12.2. The van der Waals surface area contributed by atoms with Crippen LogP contribution in [0, 0.1) is 0 Å². The van der Waals surface area contributed by atoms with Crippen LogP contribution in [0.3, 0.4) is 0 Å². The summed E-state index contributed by atoms with van der Waals surface area (Å²) in [5.41, 5.74) is 2.21. The Labute approximate surface area is 124 Å². The highest BCUT2D eigenvalue weighted by Crippen LogP contribution is 2.18. The summed E-state index contributed by atoms with van der Waals surface area (Å²) in [6, 6.07) is 8.15. The van der Waals surface area contributed by atoms with Crippen LogP contribution in [0.1, 0.15) is 12.5 Å². The minimum Gasteiger partial charge on any atom is -0.450 e. The monoisotopic (exact) mass is 291 g/mol. The topological polar surface area (TPSA) is 83.5 Å². The number of anilines is 1. The van der Waals surface area contributed by atoms with Gasteiger partial charge in [-0.3, -0.25) is 0 Å². The number of hydrogen-bond donors (Lipinski definition) is 1. The van der Waals surface area contributed by atoms with Gasteiger partial charge in [-0.1, -0.05) is 17.4 Å². The lowest BCUT2D eigenvalue weighted by Gasteiger charge is -2.35. The van der Waals surface area contributed by atoms with Gasteiger partial charge in [-0.25, -0.2) is 4.79 Å². The summed E-state index contributed by atoms with van der Waals surface area (Å²) in [7, 11) is 0. The maximum absolute atomic E-state index is 11.6. The first-order chi connectivity index (χ1) is 10.2. The van der Waals surface area contributed by atoms with Crippen LogP contribution in [0.25, 0.3) is 0 Å². The molecule has 0 bridgehead atoms. The predicted molar refractivity (Wildman–Crippen MR) is 80.0 cm³/mol. The van der Waals surface area contributed by atoms with E-state index in [1.807, 2.05) is 19.1 Å². The zero-order chi connectivity index (χ0) is 15.1. The molecule has 1 aromatic rings. The lowest BCUT2D eigenvalue weighted by atomic mass is 10.2. The van der Waals surface area contributed by atoms with Gasteiger partial charge in [0.25, 0.3) is 0 Å². The van der Waals surface area contributed by atoms with Crippen LogP contribution in [0.5, 0.6) is 0 Å². The first-order valence-corrected chi connectivity index (χ1v) is 7.07. The van der Waals surface area contributed by atoms with Gasteiger partial charge in [-0.2, -0.15) is 5.11 Å². The third-order valence-corrected chi connectivity index (χ3v) is 3.44. The number of nitrogens with two attached hydrogens (primary N) is 1. The second-order valence-electron chi connectivity index (χ2n) is 4.75. The van der Waals surface area contributed by atoms with Gasteiger partial charge in [-0.15, -0.1) is 0 Å². The van der Waals surface area contributed by atoms with Crippen molar-refractivity contribution in [2.75, 3.05) is 37.7 Å². The molecular formula is C14H21N5O2. The minimum absolute atomic E-state index is 0.223. The van der Waals surface area contributed by atoms with Crippen LogP contribution < -0.4 is 10.7 Å². The molecule has 1 aliphatic rings. The average molecular weight is 291 g/mol. The Bertz CT molecular complexity index is 481. The van der Waals surface area contributed by atoms with Crippen molar-refractivity contribution in [2.24, 2.45) is 16.2 Å². The minimum atomic E-state index is -0.223. The SMILES string of the molecule is CCOC(=O)N1CCN(c2ccc(CN=NN)cc2)CC1. The third kappa shape index (κ3) is 4.08. The van der Waals surface area contributed by atoms with E-state index in [1.165, 1.54) is 0 Å². The Morgan fingerprint density at radius 3 is 2.48 bits per heavy atom. The van der Waals surface area contributed by atoms with E-state index in [0.717, 1.165) is 24.3 Å². The zero-order valence-corrected chi connectivity index (χ0v) is 12.2. The van der Waals surface area contributed by atoms with E-state index in [1.54, 1.807) is 4.90 Å². The Kier molecular flexibility index (Phi) is 5.36. The Morgan fingerprint density at radius 1 is 1.24 bits per heavy atom. The van der Waals surface area contributed by atoms with Crippen LogP contribution in [0.15, 0.2) is 34.6 Å². The van der Waals surface area contributed by atoms with Gasteiger partial charge in [0, 0.05) is 31.9 Å².